The number of Topliss-reactive ketones (excluding diaryl/α,β-unsaturated/α-hetero) is 1. The van der Waals surface area contributed by atoms with E-state index in [0.29, 0.717) is 23.4 Å². The molecule has 1 aliphatic heterocycles. The predicted molar refractivity (Wildman–Crippen MR) is 120 cm³/mol. The Balaban J connectivity index is 1.52. The van der Waals surface area contributed by atoms with Crippen molar-refractivity contribution < 1.29 is 18.7 Å². The van der Waals surface area contributed by atoms with E-state index in [9.17, 15) is 9.59 Å². The molecule has 1 atom stereocenters. The lowest BCUT2D eigenvalue weighted by atomic mass is 10.1. The third-order valence-corrected chi connectivity index (χ3v) is 6.12. The van der Waals surface area contributed by atoms with Crippen molar-refractivity contribution in [1.82, 2.24) is 4.98 Å². The van der Waals surface area contributed by atoms with Gasteiger partial charge in [-0.1, -0.05) is 25.1 Å². The average Bonchev–Trinajstić information content (AvgIpc) is 3.41. The Kier molecular flexibility index (Phi) is 4.82. The molecule has 7 heteroatoms. The molecule has 0 fully saturated rings. The Morgan fingerprint density at radius 2 is 2.03 bits per heavy atom. The predicted octanol–water partition coefficient (Wildman–Crippen LogP) is 5.25. The number of ether oxygens (including phenoxy) is 1. The molecule has 1 amide bonds. The molecule has 0 spiro atoms. The number of fused-ring (bicyclic) bond motifs is 2. The van der Waals surface area contributed by atoms with Crippen LogP contribution in [-0.4, -0.2) is 29.3 Å². The van der Waals surface area contributed by atoms with E-state index in [2.05, 4.69) is 4.98 Å². The van der Waals surface area contributed by atoms with E-state index in [1.807, 2.05) is 61.7 Å². The van der Waals surface area contributed by atoms with Gasteiger partial charge >= 0.3 is 0 Å². The molecule has 1 unspecified atom stereocenters. The van der Waals surface area contributed by atoms with Crippen molar-refractivity contribution in [1.29, 1.82) is 0 Å². The fourth-order valence-electron chi connectivity index (χ4n) is 3.74. The summed E-state index contributed by atoms with van der Waals surface area (Å²) in [6.45, 7) is 3.72. The first-order valence-corrected chi connectivity index (χ1v) is 11.0. The third-order valence-electron chi connectivity index (χ3n) is 5.35. The van der Waals surface area contributed by atoms with Crippen molar-refractivity contribution in [2.45, 2.75) is 26.4 Å². The second-order valence-electron chi connectivity index (χ2n) is 7.45. The zero-order chi connectivity index (χ0) is 21.5. The minimum absolute atomic E-state index is 0.120. The van der Waals surface area contributed by atoms with Crippen LogP contribution in [0.4, 0.5) is 5.69 Å². The van der Waals surface area contributed by atoms with Gasteiger partial charge in [-0.3, -0.25) is 14.5 Å². The molecule has 6 nitrogen and oxygen atoms in total. The summed E-state index contributed by atoms with van der Waals surface area (Å²) >= 11 is 1.56. The summed E-state index contributed by atoms with van der Waals surface area (Å²) in [7, 11) is 0. The van der Waals surface area contributed by atoms with E-state index in [1.54, 1.807) is 17.4 Å². The molecule has 0 saturated heterocycles. The number of para-hydroxylation sites is 1. The summed E-state index contributed by atoms with van der Waals surface area (Å²) in [6.07, 6.45) is -0.107. The van der Waals surface area contributed by atoms with Crippen LogP contribution in [0.3, 0.4) is 0 Å². The number of aryl methyl sites for hydroxylation is 1. The maximum Gasteiger partial charge on any atom is 0.268 e. The maximum atomic E-state index is 13.1. The Bertz CT molecular complexity index is 1270. The van der Waals surface area contributed by atoms with E-state index in [-0.39, 0.29) is 24.0 Å². The molecule has 0 aliphatic carbocycles. The van der Waals surface area contributed by atoms with E-state index in [4.69, 9.17) is 9.15 Å². The van der Waals surface area contributed by atoms with Crippen molar-refractivity contribution in [3.05, 3.63) is 64.7 Å². The van der Waals surface area contributed by atoms with E-state index in [1.165, 1.54) is 4.90 Å². The lowest BCUT2D eigenvalue weighted by Gasteiger charge is -2.33. The van der Waals surface area contributed by atoms with Gasteiger partial charge in [-0.05, 0) is 43.7 Å². The summed E-state index contributed by atoms with van der Waals surface area (Å²) in [6, 6.07) is 14.8. The van der Waals surface area contributed by atoms with Gasteiger partial charge in [-0.15, -0.1) is 11.3 Å². The normalized spacial score (nSPS) is 15.7. The van der Waals surface area contributed by atoms with Gasteiger partial charge in [0.1, 0.15) is 11.3 Å². The fraction of sp³-hybridized carbons (Fsp3) is 0.208. The number of amides is 1. The summed E-state index contributed by atoms with van der Waals surface area (Å²) in [5.41, 5.74) is 2.92. The van der Waals surface area contributed by atoms with E-state index < -0.39 is 6.10 Å². The van der Waals surface area contributed by atoms with Crippen LogP contribution in [0, 0.1) is 6.92 Å². The highest BCUT2D eigenvalue weighted by Crippen LogP contribution is 2.38. The average molecular weight is 433 g/mol. The molecule has 0 radical (unpaired) electrons. The topological polar surface area (TPSA) is 72.6 Å². The number of furan rings is 1. The number of benzene rings is 2. The fourth-order valence-corrected chi connectivity index (χ4v) is 4.36. The lowest BCUT2D eigenvalue weighted by molar-refractivity contribution is -0.126. The third kappa shape index (κ3) is 3.51. The summed E-state index contributed by atoms with van der Waals surface area (Å²) < 4.78 is 11.6. The quantitative estimate of drug-likeness (QED) is 0.403. The minimum Gasteiger partial charge on any atom is -0.478 e. The second kappa shape index (κ2) is 7.67. The Labute approximate surface area is 183 Å². The van der Waals surface area contributed by atoms with Crippen LogP contribution < -0.4 is 9.64 Å². The smallest absolute Gasteiger partial charge is 0.268 e. The van der Waals surface area contributed by atoms with Gasteiger partial charge in [-0.2, -0.15) is 0 Å². The highest BCUT2D eigenvalue weighted by atomic mass is 32.1. The molecule has 0 N–H and O–H groups in total. The van der Waals surface area contributed by atoms with Crippen LogP contribution >= 0.6 is 11.3 Å². The first kappa shape index (κ1) is 19.5. The molecule has 4 aromatic rings. The van der Waals surface area contributed by atoms with Gasteiger partial charge in [0, 0.05) is 16.3 Å². The number of rotatable bonds is 5. The lowest BCUT2D eigenvalue weighted by Crippen LogP contribution is -2.47. The number of thiazole rings is 1. The standard InChI is InChI=1S/C24H20N2O4S/c1-3-20-24(28)26(12-19(27)23-11-16-6-4-5-7-21(16)30-23)18-10-15(8-9-22(18)29-20)17-13-31-14(2)25-17/h4-11,13,20H,3,12H2,1-2H3. The van der Waals surface area contributed by atoms with Gasteiger partial charge in [0.25, 0.3) is 5.91 Å². The van der Waals surface area contributed by atoms with Gasteiger partial charge < -0.3 is 9.15 Å². The molecule has 156 valence electrons. The van der Waals surface area contributed by atoms with Crippen LogP contribution in [0.15, 0.2) is 58.3 Å². The molecular weight excluding hydrogens is 412 g/mol. The largest absolute Gasteiger partial charge is 0.478 e. The van der Waals surface area contributed by atoms with Crippen LogP contribution in [0.25, 0.3) is 22.2 Å². The number of hydrogen-bond acceptors (Lipinski definition) is 6. The van der Waals surface area contributed by atoms with Crippen molar-refractivity contribution in [3.63, 3.8) is 0 Å². The molecule has 0 saturated carbocycles. The van der Waals surface area contributed by atoms with Gasteiger partial charge in [0.2, 0.25) is 5.78 Å². The number of ketones is 1. The van der Waals surface area contributed by atoms with Crippen molar-refractivity contribution in [2.24, 2.45) is 0 Å². The summed E-state index contributed by atoms with van der Waals surface area (Å²) in [5.74, 6) is 0.328. The van der Waals surface area contributed by atoms with Crippen LogP contribution in [0.5, 0.6) is 5.75 Å². The van der Waals surface area contributed by atoms with E-state index >= 15 is 0 Å². The number of anilines is 1. The number of carbonyl (C=O) groups is 2. The maximum absolute atomic E-state index is 13.1. The van der Waals surface area contributed by atoms with Crippen molar-refractivity contribution >= 4 is 39.7 Å². The zero-order valence-corrected chi connectivity index (χ0v) is 17.9. The Morgan fingerprint density at radius 3 is 2.77 bits per heavy atom. The van der Waals surface area contributed by atoms with Crippen molar-refractivity contribution in [3.8, 4) is 17.0 Å². The SMILES string of the molecule is CCC1Oc2ccc(-c3csc(C)n3)cc2N(CC(=O)c2cc3ccccc3o2)C1=O. The van der Waals surface area contributed by atoms with Crippen molar-refractivity contribution in [2.75, 3.05) is 11.4 Å². The van der Waals surface area contributed by atoms with Crippen LogP contribution in [0.2, 0.25) is 0 Å². The number of carbonyl (C=O) groups excluding carboxylic acids is 2. The first-order valence-electron chi connectivity index (χ1n) is 10.1. The molecule has 2 aromatic carbocycles. The highest BCUT2D eigenvalue weighted by molar-refractivity contribution is 7.09. The molecule has 31 heavy (non-hydrogen) atoms. The van der Waals surface area contributed by atoms with Crippen LogP contribution in [-0.2, 0) is 4.79 Å². The summed E-state index contributed by atoms with van der Waals surface area (Å²) in [5, 5.41) is 3.79. The molecule has 1 aliphatic rings. The molecule has 2 aromatic heterocycles. The van der Waals surface area contributed by atoms with Gasteiger partial charge in [0.15, 0.2) is 11.9 Å². The van der Waals surface area contributed by atoms with Gasteiger partial charge in [-0.25, -0.2) is 4.98 Å². The Morgan fingerprint density at radius 1 is 1.19 bits per heavy atom. The summed E-state index contributed by atoms with van der Waals surface area (Å²) in [4.78, 5) is 32.2. The number of aromatic nitrogens is 1. The zero-order valence-electron chi connectivity index (χ0n) is 17.1. The first-order chi connectivity index (χ1) is 15.0. The Hall–Kier alpha value is -3.45. The number of nitrogens with zero attached hydrogens (tertiary/aromatic N) is 2. The second-order valence-corrected chi connectivity index (χ2v) is 8.51. The van der Waals surface area contributed by atoms with Gasteiger partial charge in [0.05, 0.1) is 22.9 Å². The monoisotopic (exact) mass is 432 g/mol. The van der Waals surface area contributed by atoms with E-state index in [0.717, 1.165) is 21.7 Å². The van der Waals surface area contributed by atoms with Crippen LogP contribution in [0.1, 0.15) is 28.9 Å². The molecule has 3 heterocycles. The minimum atomic E-state index is -0.622. The molecular formula is C24H20N2O4S. The molecule has 0 bridgehead atoms. The molecule has 5 rings (SSSR count). The number of hydrogen-bond donors (Lipinski definition) is 0. The highest BCUT2D eigenvalue weighted by Gasteiger charge is 2.35.